The number of sulfonamides is 1. The van der Waals surface area contributed by atoms with Crippen LogP contribution in [0.2, 0.25) is 5.02 Å². The molecule has 3 aromatic carbocycles. The van der Waals surface area contributed by atoms with Crippen LogP contribution in [-0.4, -0.2) is 43.8 Å². The monoisotopic (exact) mass is 569 g/mol. The molecule has 0 heterocycles. The molecule has 0 aliphatic heterocycles. The Labute approximate surface area is 236 Å². The molecular weight excluding hydrogens is 534 g/mol. The van der Waals surface area contributed by atoms with Crippen molar-refractivity contribution in [2.24, 2.45) is 0 Å². The van der Waals surface area contributed by atoms with Crippen LogP contribution in [0.3, 0.4) is 0 Å². The number of rotatable bonds is 11. The highest BCUT2D eigenvalue weighted by Crippen LogP contribution is 2.26. The van der Waals surface area contributed by atoms with Crippen LogP contribution in [-0.2, 0) is 26.2 Å². The van der Waals surface area contributed by atoms with Gasteiger partial charge < -0.3 is 10.2 Å². The van der Waals surface area contributed by atoms with E-state index in [2.05, 4.69) is 5.32 Å². The fourth-order valence-corrected chi connectivity index (χ4v) is 5.86. The number of nitrogens with zero attached hydrogens (tertiary/aromatic N) is 2. The summed E-state index contributed by atoms with van der Waals surface area (Å²) in [5.74, 6) is -0.825. The van der Waals surface area contributed by atoms with Crippen molar-refractivity contribution in [2.75, 3.05) is 10.8 Å². The van der Waals surface area contributed by atoms with Crippen molar-refractivity contribution in [2.45, 2.75) is 64.6 Å². The molecule has 3 rings (SSSR count). The van der Waals surface area contributed by atoms with Crippen LogP contribution in [0.25, 0.3) is 0 Å². The molecular formula is C30H36ClN3O4S. The van der Waals surface area contributed by atoms with Gasteiger partial charge in [-0.15, -0.1) is 0 Å². The van der Waals surface area contributed by atoms with Crippen LogP contribution in [0.15, 0.2) is 77.7 Å². The van der Waals surface area contributed by atoms with E-state index in [1.807, 2.05) is 40.7 Å². The fraction of sp³-hybridized carbons (Fsp3) is 0.333. The Kier molecular flexibility index (Phi) is 10.2. The number of aryl methyl sites for hydroxylation is 2. The van der Waals surface area contributed by atoms with E-state index in [0.717, 1.165) is 15.4 Å². The molecule has 0 aliphatic rings. The SMILES string of the molecule is CCC(C(=O)NC(C)C)N(Cc1ccccc1Cl)C(=O)CN(c1cccc(C)c1)S(=O)(=O)c1ccc(C)cc1. The number of carbonyl (C=O) groups is 2. The van der Waals surface area contributed by atoms with Crippen molar-refractivity contribution in [3.63, 3.8) is 0 Å². The number of amides is 2. The van der Waals surface area contributed by atoms with Gasteiger partial charge in [0.15, 0.2) is 0 Å². The topological polar surface area (TPSA) is 86.8 Å². The van der Waals surface area contributed by atoms with Crippen molar-refractivity contribution < 1.29 is 18.0 Å². The Morgan fingerprint density at radius 3 is 2.18 bits per heavy atom. The standard InChI is InChI=1S/C30H36ClN3O4S/c1-6-28(30(36)32-21(2)3)33(19-24-11-7-8-13-27(24)31)29(35)20-34(25-12-9-10-23(5)18-25)39(37,38)26-16-14-22(4)15-17-26/h7-18,21,28H,6,19-20H2,1-5H3,(H,32,36). The fourth-order valence-electron chi connectivity index (χ4n) is 4.26. The van der Waals surface area contributed by atoms with E-state index in [1.165, 1.54) is 17.0 Å². The normalized spacial score (nSPS) is 12.2. The maximum Gasteiger partial charge on any atom is 0.264 e. The van der Waals surface area contributed by atoms with E-state index in [1.54, 1.807) is 54.6 Å². The third kappa shape index (κ3) is 7.61. The minimum atomic E-state index is -4.11. The van der Waals surface area contributed by atoms with E-state index in [9.17, 15) is 18.0 Å². The number of benzene rings is 3. The van der Waals surface area contributed by atoms with Gasteiger partial charge in [-0.05, 0) is 75.6 Å². The molecule has 1 unspecified atom stereocenters. The van der Waals surface area contributed by atoms with E-state index in [0.29, 0.717) is 22.7 Å². The lowest BCUT2D eigenvalue weighted by molar-refractivity contribution is -0.140. The molecule has 0 saturated heterocycles. The molecule has 1 N–H and O–H groups in total. The summed E-state index contributed by atoms with van der Waals surface area (Å²) in [6.45, 7) is 8.80. The zero-order valence-electron chi connectivity index (χ0n) is 23.0. The van der Waals surface area contributed by atoms with Crippen LogP contribution in [0.1, 0.15) is 43.9 Å². The van der Waals surface area contributed by atoms with Gasteiger partial charge in [0.05, 0.1) is 10.6 Å². The quantitative estimate of drug-likeness (QED) is 0.331. The second-order valence-corrected chi connectivity index (χ2v) is 12.1. The van der Waals surface area contributed by atoms with Crippen LogP contribution in [0.5, 0.6) is 0 Å². The van der Waals surface area contributed by atoms with Crippen molar-refractivity contribution in [1.82, 2.24) is 10.2 Å². The number of halogens is 1. The van der Waals surface area contributed by atoms with Crippen molar-refractivity contribution in [1.29, 1.82) is 0 Å². The summed E-state index contributed by atoms with van der Waals surface area (Å²) < 4.78 is 28.9. The van der Waals surface area contributed by atoms with Crippen LogP contribution in [0, 0.1) is 13.8 Å². The summed E-state index contributed by atoms with van der Waals surface area (Å²) in [7, 11) is -4.11. The molecule has 1 atom stereocenters. The number of anilines is 1. The van der Waals surface area contributed by atoms with Gasteiger partial charge in [-0.1, -0.05) is 66.6 Å². The molecule has 0 bridgehead atoms. The highest BCUT2D eigenvalue weighted by Gasteiger charge is 2.34. The number of nitrogens with one attached hydrogen (secondary N) is 1. The van der Waals surface area contributed by atoms with Crippen molar-refractivity contribution >= 4 is 39.1 Å². The lowest BCUT2D eigenvalue weighted by Crippen LogP contribution is -2.53. The first-order chi connectivity index (χ1) is 18.4. The first kappa shape index (κ1) is 30.2. The zero-order valence-corrected chi connectivity index (χ0v) is 24.6. The average molecular weight is 570 g/mol. The van der Waals surface area contributed by atoms with Gasteiger partial charge in [-0.25, -0.2) is 8.42 Å². The molecule has 0 fully saturated rings. The highest BCUT2D eigenvalue weighted by atomic mass is 35.5. The summed E-state index contributed by atoms with van der Waals surface area (Å²) >= 11 is 6.42. The van der Waals surface area contributed by atoms with Crippen LogP contribution < -0.4 is 9.62 Å². The predicted molar refractivity (Wildman–Crippen MR) is 156 cm³/mol. The van der Waals surface area contributed by atoms with Gasteiger partial charge in [-0.2, -0.15) is 0 Å². The number of hydrogen-bond donors (Lipinski definition) is 1. The van der Waals surface area contributed by atoms with E-state index in [4.69, 9.17) is 11.6 Å². The Bertz CT molecular complexity index is 1410. The van der Waals surface area contributed by atoms with Gasteiger partial charge in [-0.3, -0.25) is 13.9 Å². The number of hydrogen-bond acceptors (Lipinski definition) is 4. The van der Waals surface area contributed by atoms with E-state index >= 15 is 0 Å². The van der Waals surface area contributed by atoms with Gasteiger partial charge in [0.2, 0.25) is 11.8 Å². The Morgan fingerprint density at radius 1 is 0.923 bits per heavy atom. The zero-order chi connectivity index (χ0) is 28.7. The second-order valence-electron chi connectivity index (χ2n) is 9.86. The van der Waals surface area contributed by atoms with Crippen LogP contribution in [0.4, 0.5) is 5.69 Å². The minimum absolute atomic E-state index is 0.0504. The van der Waals surface area contributed by atoms with Gasteiger partial charge >= 0.3 is 0 Å². The summed E-state index contributed by atoms with van der Waals surface area (Å²) in [5.41, 5.74) is 2.79. The molecule has 0 aromatic heterocycles. The van der Waals surface area contributed by atoms with Crippen molar-refractivity contribution in [3.8, 4) is 0 Å². The lowest BCUT2D eigenvalue weighted by Gasteiger charge is -2.33. The number of carbonyl (C=O) groups excluding carboxylic acids is 2. The summed E-state index contributed by atoms with van der Waals surface area (Å²) in [6, 6.07) is 19.6. The lowest BCUT2D eigenvalue weighted by atomic mass is 10.1. The largest absolute Gasteiger partial charge is 0.352 e. The highest BCUT2D eigenvalue weighted by molar-refractivity contribution is 7.92. The molecule has 2 amide bonds. The average Bonchev–Trinajstić information content (AvgIpc) is 2.87. The third-order valence-corrected chi connectivity index (χ3v) is 8.45. The molecule has 0 saturated carbocycles. The third-order valence-electron chi connectivity index (χ3n) is 6.29. The molecule has 7 nitrogen and oxygen atoms in total. The Balaban J connectivity index is 2.08. The molecule has 0 aliphatic carbocycles. The molecule has 9 heteroatoms. The maximum absolute atomic E-state index is 14.0. The minimum Gasteiger partial charge on any atom is -0.352 e. The Morgan fingerprint density at radius 2 is 1.59 bits per heavy atom. The molecule has 0 spiro atoms. The molecule has 3 aromatic rings. The molecule has 39 heavy (non-hydrogen) atoms. The van der Waals surface area contributed by atoms with Crippen LogP contribution >= 0.6 is 11.6 Å². The summed E-state index contributed by atoms with van der Waals surface area (Å²) in [6.07, 6.45) is 0.337. The van der Waals surface area contributed by atoms with E-state index in [-0.39, 0.29) is 23.4 Å². The molecule has 208 valence electrons. The van der Waals surface area contributed by atoms with Gasteiger partial charge in [0, 0.05) is 17.6 Å². The summed E-state index contributed by atoms with van der Waals surface area (Å²) in [4.78, 5) is 28.7. The first-order valence-electron chi connectivity index (χ1n) is 12.9. The summed E-state index contributed by atoms with van der Waals surface area (Å²) in [5, 5.41) is 3.34. The van der Waals surface area contributed by atoms with Gasteiger partial charge in [0.25, 0.3) is 10.0 Å². The Hall–Kier alpha value is -3.36. The van der Waals surface area contributed by atoms with Crippen molar-refractivity contribution in [3.05, 3.63) is 94.5 Å². The van der Waals surface area contributed by atoms with Gasteiger partial charge in [0.1, 0.15) is 12.6 Å². The van der Waals surface area contributed by atoms with E-state index < -0.39 is 28.5 Å². The smallest absolute Gasteiger partial charge is 0.264 e. The maximum atomic E-state index is 14.0. The first-order valence-corrected chi connectivity index (χ1v) is 14.7. The molecule has 0 radical (unpaired) electrons. The predicted octanol–water partition coefficient (Wildman–Crippen LogP) is 5.48. The second kappa shape index (κ2) is 13.1.